The van der Waals surface area contributed by atoms with Crippen molar-refractivity contribution in [3.8, 4) is 10.6 Å². The van der Waals surface area contributed by atoms with Crippen LogP contribution in [0.5, 0.6) is 0 Å². The fraction of sp³-hybridized carbons (Fsp3) is 0.556. The van der Waals surface area contributed by atoms with E-state index < -0.39 is 0 Å². The highest BCUT2D eigenvalue weighted by atomic mass is 79.9. The van der Waals surface area contributed by atoms with Crippen LogP contribution in [0.2, 0.25) is 0 Å². The van der Waals surface area contributed by atoms with Crippen LogP contribution < -0.4 is 31.8 Å². The largest absolute Gasteiger partial charge is 1.00 e. The Morgan fingerprint density at radius 2 is 1.47 bits per heavy atom. The van der Waals surface area contributed by atoms with Crippen LogP contribution in [0.3, 0.4) is 0 Å². The molecular weight excluding hydrogens is 542 g/mol. The van der Waals surface area contributed by atoms with Gasteiger partial charge in [0.05, 0.1) is 34.0 Å². The predicted octanol–water partition coefficient (Wildman–Crippen LogP) is 0.693. The predicted molar refractivity (Wildman–Crippen MR) is 145 cm³/mol. The second-order valence-electron chi connectivity index (χ2n) is 8.85. The van der Waals surface area contributed by atoms with Gasteiger partial charge in [0.1, 0.15) is 13.2 Å². The molecule has 1 aliphatic heterocycles. The molecule has 0 radical (unpaired) electrons. The molecule has 0 aromatic heterocycles. The average molecular weight is 583 g/mol. The number of fused-ring (bicyclic) bond motifs is 2. The van der Waals surface area contributed by atoms with E-state index in [1.54, 1.807) is 39.8 Å². The molecule has 0 saturated carbocycles. The van der Waals surface area contributed by atoms with E-state index in [4.69, 9.17) is 23.9 Å². The van der Waals surface area contributed by atoms with E-state index in [9.17, 15) is 0 Å². The van der Waals surface area contributed by atoms with E-state index in [1.165, 1.54) is 20.8 Å². The average Bonchev–Trinajstić information content (AvgIpc) is 2.86. The number of rotatable bonds is 14. The lowest BCUT2D eigenvalue weighted by atomic mass is 10.0. The number of ether oxygens (including phenoxy) is 4. The van der Waals surface area contributed by atoms with Crippen LogP contribution in [-0.4, -0.2) is 86.0 Å². The molecule has 0 spiro atoms. The minimum atomic E-state index is 0. The van der Waals surface area contributed by atoms with Crippen LogP contribution in [0.25, 0.3) is 20.8 Å². The molecule has 200 valence electrons. The first kappa shape index (κ1) is 30.6. The van der Waals surface area contributed by atoms with Gasteiger partial charge in [0.25, 0.3) is 0 Å². The minimum absolute atomic E-state index is 0. The summed E-state index contributed by atoms with van der Waals surface area (Å²) in [7, 11) is 6.96. The maximum atomic E-state index is 5.37. The van der Waals surface area contributed by atoms with Gasteiger partial charge in [-0.25, -0.2) is 9.56 Å². The zero-order valence-electron chi connectivity index (χ0n) is 22.4. The molecule has 7 nitrogen and oxygen atoms in total. The number of hydrogen-bond donors (Lipinski definition) is 0. The van der Waals surface area contributed by atoms with Crippen molar-refractivity contribution in [3.63, 3.8) is 0 Å². The van der Waals surface area contributed by atoms with Crippen LogP contribution in [-0.2, 0) is 18.9 Å². The van der Waals surface area contributed by atoms with Crippen molar-refractivity contribution >= 4 is 27.2 Å². The Bertz CT molecular complexity index is 1100. The highest BCUT2D eigenvalue weighted by Gasteiger charge is 2.17. The summed E-state index contributed by atoms with van der Waals surface area (Å²) in [4.78, 5) is 8.63. The third-order valence-electron chi connectivity index (χ3n) is 6.10. The summed E-state index contributed by atoms with van der Waals surface area (Å²) in [6.07, 6.45) is 0. The number of hydrogen-bond acceptors (Lipinski definition) is 7. The molecule has 0 saturated heterocycles. The van der Waals surface area contributed by atoms with Crippen molar-refractivity contribution in [2.45, 2.75) is 19.8 Å². The van der Waals surface area contributed by atoms with Crippen molar-refractivity contribution < 1.29 is 35.9 Å². The summed E-state index contributed by atoms with van der Waals surface area (Å²) in [5.41, 5.74) is 4.56. The summed E-state index contributed by atoms with van der Waals surface area (Å²) in [6.45, 7) is 10.4. The first-order valence-electron chi connectivity index (χ1n) is 12.2. The van der Waals surface area contributed by atoms with Gasteiger partial charge in [-0.3, -0.25) is 0 Å². The van der Waals surface area contributed by atoms with Gasteiger partial charge in [-0.1, -0.05) is 13.8 Å². The molecule has 3 rings (SSSR count). The van der Waals surface area contributed by atoms with Crippen LogP contribution in [0.1, 0.15) is 25.3 Å². The number of anilines is 1. The number of methoxy groups -OCH3 is 4. The molecule has 1 aromatic carbocycles. The van der Waals surface area contributed by atoms with E-state index in [0.29, 0.717) is 32.3 Å². The number of halogens is 1. The van der Waals surface area contributed by atoms with Crippen LogP contribution >= 0.6 is 11.3 Å². The Kier molecular flexibility index (Phi) is 13.3. The molecule has 2 aliphatic rings. The highest BCUT2D eigenvalue weighted by molar-refractivity contribution is 7.21. The van der Waals surface area contributed by atoms with E-state index in [0.717, 1.165) is 42.7 Å². The quantitative estimate of drug-likeness (QED) is 0.206. The SMILES string of the molecule is COCCN(CCOC)c1cc(C(C)C)c2nc3ccc(=[N+](CCOC)CCOC)cc-3sc2c1.[Br-]. The van der Waals surface area contributed by atoms with E-state index in [2.05, 4.69) is 53.7 Å². The van der Waals surface area contributed by atoms with E-state index in [-0.39, 0.29) is 17.0 Å². The van der Waals surface area contributed by atoms with Gasteiger partial charge >= 0.3 is 0 Å². The van der Waals surface area contributed by atoms with E-state index >= 15 is 0 Å². The zero-order valence-corrected chi connectivity index (χ0v) is 24.8. The summed E-state index contributed by atoms with van der Waals surface area (Å²) in [5, 5.41) is 1.16. The first-order valence-corrected chi connectivity index (χ1v) is 13.0. The second-order valence-corrected chi connectivity index (χ2v) is 9.93. The number of nitrogens with zero attached hydrogens (tertiary/aromatic N) is 3. The maximum absolute atomic E-state index is 5.37. The fourth-order valence-corrected chi connectivity index (χ4v) is 5.17. The third-order valence-corrected chi connectivity index (χ3v) is 7.18. The number of benzene rings is 2. The molecule has 0 unspecified atom stereocenters. The summed E-state index contributed by atoms with van der Waals surface area (Å²) < 4.78 is 24.9. The van der Waals surface area contributed by atoms with Crippen molar-refractivity contribution in [3.05, 3.63) is 41.3 Å². The van der Waals surface area contributed by atoms with Crippen molar-refractivity contribution in [2.75, 3.05) is 85.9 Å². The lowest BCUT2D eigenvalue weighted by Crippen LogP contribution is -3.00. The van der Waals surface area contributed by atoms with E-state index in [1.807, 2.05) is 0 Å². The zero-order chi connectivity index (χ0) is 25.2. The monoisotopic (exact) mass is 581 g/mol. The minimum Gasteiger partial charge on any atom is -1.00 e. The lowest BCUT2D eigenvalue weighted by molar-refractivity contribution is -0.00000877. The maximum Gasteiger partial charge on any atom is 0.201 e. The smallest absolute Gasteiger partial charge is 0.201 e. The molecule has 0 amide bonds. The Morgan fingerprint density at radius 1 is 0.861 bits per heavy atom. The lowest BCUT2D eigenvalue weighted by Gasteiger charge is -2.26. The molecule has 0 bridgehead atoms. The van der Waals surface area contributed by atoms with Gasteiger partial charge in [0, 0.05) is 59.3 Å². The van der Waals surface area contributed by atoms with Crippen LogP contribution in [0, 0.1) is 0 Å². The molecule has 1 heterocycles. The molecular formula is C27H40BrN3O4S. The Hall–Kier alpha value is -1.62. The molecule has 9 heteroatoms. The van der Waals surface area contributed by atoms with Gasteiger partial charge in [-0.05, 0) is 29.7 Å². The molecule has 1 aliphatic carbocycles. The standard InChI is InChI=1S/C27H40N3O4S.BrH/c1-20(2)23-17-22(30(11-15-33-5)12-16-34-6)19-26-27(23)28-24-8-7-21(18-25(24)35-26)29(9-13-31-3)10-14-32-4;/h7-8,17-20H,9-16H2,1-6H3;1H/q+1;/p-1. The van der Waals surface area contributed by atoms with Gasteiger partial charge in [0.15, 0.2) is 13.1 Å². The Balaban J connectivity index is 0.00000456. The highest BCUT2D eigenvalue weighted by Crippen LogP contribution is 2.36. The van der Waals surface area contributed by atoms with Crippen LogP contribution in [0.15, 0.2) is 30.3 Å². The van der Waals surface area contributed by atoms with Gasteiger partial charge in [-0.15, -0.1) is 11.3 Å². The Morgan fingerprint density at radius 3 is 2.03 bits per heavy atom. The normalized spacial score (nSPS) is 11.3. The van der Waals surface area contributed by atoms with Crippen molar-refractivity contribution in [1.29, 1.82) is 0 Å². The number of aromatic nitrogens is 1. The third kappa shape index (κ3) is 7.94. The molecule has 0 fully saturated rings. The molecule has 36 heavy (non-hydrogen) atoms. The molecule has 0 N–H and O–H groups in total. The summed E-state index contributed by atoms with van der Waals surface area (Å²) >= 11 is 1.80. The van der Waals surface area contributed by atoms with Crippen molar-refractivity contribution in [1.82, 2.24) is 9.56 Å². The Labute approximate surface area is 229 Å². The van der Waals surface area contributed by atoms with Crippen LogP contribution in [0.4, 0.5) is 5.69 Å². The summed E-state index contributed by atoms with van der Waals surface area (Å²) in [5.74, 6) is 0.360. The van der Waals surface area contributed by atoms with Crippen molar-refractivity contribution in [2.24, 2.45) is 0 Å². The topological polar surface area (TPSA) is 56.1 Å². The second kappa shape index (κ2) is 15.6. The fourth-order valence-electron chi connectivity index (χ4n) is 4.09. The molecule has 0 atom stereocenters. The van der Waals surface area contributed by atoms with Gasteiger partial charge < -0.3 is 40.8 Å². The van der Waals surface area contributed by atoms with Gasteiger partial charge in [-0.2, -0.15) is 0 Å². The van der Waals surface area contributed by atoms with Gasteiger partial charge in [0.2, 0.25) is 5.36 Å². The first-order chi connectivity index (χ1) is 17.0. The summed E-state index contributed by atoms with van der Waals surface area (Å²) in [6, 6.07) is 11.1. The molecule has 1 aromatic rings.